The molecule has 0 radical (unpaired) electrons. The van der Waals surface area contributed by atoms with Crippen molar-refractivity contribution in [1.29, 1.82) is 0 Å². The van der Waals surface area contributed by atoms with Crippen molar-refractivity contribution >= 4 is 23.5 Å². The van der Waals surface area contributed by atoms with Gasteiger partial charge in [-0.05, 0) is 6.16 Å². The van der Waals surface area contributed by atoms with Crippen molar-refractivity contribution in [2.24, 2.45) is 0 Å². The monoisotopic (exact) mass is 232 g/mol. The Morgan fingerprint density at radius 2 is 1.67 bits per heavy atom. The molecule has 9 heavy (non-hydrogen) atoms. The number of rotatable bonds is 2. The van der Waals surface area contributed by atoms with Crippen LogP contribution in [0.15, 0.2) is 0 Å². The molecule has 0 spiro atoms. The first kappa shape index (κ1) is 17.6. The second-order valence-corrected chi connectivity index (χ2v) is 3.49. The first-order valence-electron chi connectivity index (χ1n) is 1.63. The molecule has 0 unspecified atom stereocenters. The minimum absolute atomic E-state index is 0. The van der Waals surface area contributed by atoms with E-state index in [0.29, 0.717) is 0 Å². The zero-order valence-electron chi connectivity index (χ0n) is 5.46. The Kier molecular flexibility index (Phi) is 17.1. The van der Waals surface area contributed by atoms with E-state index in [4.69, 9.17) is 0 Å². The molecule has 0 aliphatic heterocycles. The van der Waals surface area contributed by atoms with Crippen molar-refractivity contribution in [1.82, 2.24) is 0 Å². The van der Waals surface area contributed by atoms with Gasteiger partial charge in [0.2, 0.25) is 0 Å². The van der Waals surface area contributed by atoms with Gasteiger partial charge in [-0.2, -0.15) is 0 Å². The van der Waals surface area contributed by atoms with Gasteiger partial charge < -0.3 is 14.4 Å². The molecule has 0 aromatic carbocycles. The van der Waals surface area contributed by atoms with Crippen molar-refractivity contribution in [2.45, 2.75) is 0 Å². The SMILES string of the molecule is O=P([O-])([O-])CCBr.[Na+].[Na+]. The minimum Gasteiger partial charge on any atom is -0.811 e. The average Bonchev–Trinajstić information content (AvgIpc) is 1.30. The van der Waals surface area contributed by atoms with Gasteiger partial charge in [-0.15, -0.1) is 0 Å². The molecule has 7 heteroatoms. The smallest absolute Gasteiger partial charge is 0.811 e. The average molecular weight is 233 g/mol. The van der Waals surface area contributed by atoms with E-state index >= 15 is 0 Å². The van der Waals surface area contributed by atoms with Crippen LogP contribution in [0, 0.1) is 0 Å². The topological polar surface area (TPSA) is 63.2 Å². The van der Waals surface area contributed by atoms with E-state index in [0.717, 1.165) is 0 Å². The van der Waals surface area contributed by atoms with Gasteiger partial charge in [0.15, 0.2) is 0 Å². The number of alkyl halides is 1. The molecule has 0 heterocycles. The maximum Gasteiger partial charge on any atom is 1.00 e. The van der Waals surface area contributed by atoms with Crippen molar-refractivity contribution < 1.29 is 73.5 Å². The Morgan fingerprint density at radius 3 is 1.67 bits per heavy atom. The summed E-state index contributed by atoms with van der Waals surface area (Å²) >= 11 is 2.81. The van der Waals surface area contributed by atoms with Gasteiger partial charge in [0.25, 0.3) is 0 Å². The van der Waals surface area contributed by atoms with Gasteiger partial charge in [0.1, 0.15) is 0 Å². The fourth-order valence-corrected chi connectivity index (χ4v) is 1.61. The van der Waals surface area contributed by atoms with Crippen molar-refractivity contribution in [2.75, 3.05) is 11.5 Å². The number of halogens is 1. The summed E-state index contributed by atoms with van der Waals surface area (Å²) in [7, 11) is -4.21. The fourth-order valence-electron chi connectivity index (χ4n) is 0.104. The molecule has 0 aromatic heterocycles. The summed E-state index contributed by atoms with van der Waals surface area (Å²) in [5.41, 5.74) is 0. The van der Waals surface area contributed by atoms with Gasteiger partial charge >= 0.3 is 59.1 Å². The van der Waals surface area contributed by atoms with Crippen molar-refractivity contribution in [3.63, 3.8) is 0 Å². The maximum absolute atomic E-state index is 9.67. The molecule has 0 amide bonds. The zero-order valence-corrected chi connectivity index (χ0v) is 11.9. The Hall–Kier alpha value is 2.63. The molecule has 0 saturated heterocycles. The van der Waals surface area contributed by atoms with Crippen LogP contribution in [0.2, 0.25) is 0 Å². The Morgan fingerprint density at radius 1 is 1.33 bits per heavy atom. The molecule has 0 atom stereocenters. The Labute approximate surface area is 107 Å². The summed E-state index contributed by atoms with van der Waals surface area (Å²) in [4.78, 5) is 19.3. The Balaban J connectivity index is -0.000000180. The molecule has 0 aromatic rings. The van der Waals surface area contributed by atoms with E-state index < -0.39 is 7.60 Å². The summed E-state index contributed by atoms with van der Waals surface area (Å²) in [6, 6.07) is 0. The van der Waals surface area contributed by atoms with Gasteiger partial charge in [-0.25, -0.2) is 0 Å². The molecule has 0 aliphatic rings. The van der Waals surface area contributed by atoms with E-state index in [1.165, 1.54) is 0 Å². The predicted octanol–water partition coefficient (Wildman–Crippen LogP) is -6.70. The van der Waals surface area contributed by atoms with Gasteiger partial charge in [0.05, 0.1) is 0 Å². The molecule has 0 saturated carbocycles. The van der Waals surface area contributed by atoms with Crippen LogP contribution >= 0.6 is 23.5 Å². The Bertz CT molecular complexity index is 93.8. The zero-order chi connectivity index (χ0) is 5.91. The summed E-state index contributed by atoms with van der Waals surface area (Å²) in [5, 5.41) is 0.233. The van der Waals surface area contributed by atoms with E-state index in [2.05, 4.69) is 15.9 Å². The molecular weight excluding hydrogens is 229 g/mol. The van der Waals surface area contributed by atoms with Crippen molar-refractivity contribution in [3.05, 3.63) is 0 Å². The van der Waals surface area contributed by atoms with E-state index in [1.807, 2.05) is 0 Å². The number of hydrogen-bond acceptors (Lipinski definition) is 3. The largest absolute Gasteiger partial charge is 1.00 e. The molecule has 0 aliphatic carbocycles. The van der Waals surface area contributed by atoms with Crippen molar-refractivity contribution in [3.8, 4) is 0 Å². The summed E-state index contributed by atoms with van der Waals surface area (Å²) < 4.78 is 9.67. The van der Waals surface area contributed by atoms with Crippen LogP contribution < -0.4 is 68.9 Å². The molecule has 44 valence electrons. The van der Waals surface area contributed by atoms with E-state index in [-0.39, 0.29) is 70.6 Å². The van der Waals surface area contributed by atoms with Crippen LogP contribution in [0.1, 0.15) is 0 Å². The predicted molar refractivity (Wildman–Crippen MR) is 26.3 cm³/mol. The minimum atomic E-state index is -4.21. The van der Waals surface area contributed by atoms with Crippen LogP contribution in [0.25, 0.3) is 0 Å². The van der Waals surface area contributed by atoms with E-state index in [1.54, 1.807) is 0 Å². The van der Waals surface area contributed by atoms with Crippen LogP contribution in [0.3, 0.4) is 0 Å². The second kappa shape index (κ2) is 8.72. The first-order valence-corrected chi connectivity index (χ1v) is 4.48. The molecule has 0 fully saturated rings. The first-order chi connectivity index (χ1) is 3.06. The molecule has 3 nitrogen and oxygen atoms in total. The third-order valence-corrected chi connectivity index (χ3v) is 2.14. The summed E-state index contributed by atoms with van der Waals surface area (Å²) in [5.74, 6) is 0. The molecular formula is C2H4BrNa2O3P. The van der Waals surface area contributed by atoms with E-state index in [9.17, 15) is 14.4 Å². The van der Waals surface area contributed by atoms with Crippen LogP contribution in [0.4, 0.5) is 0 Å². The van der Waals surface area contributed by atoms with Gasteiger partial charge in [-0.1, -0.05) is 23.5 Å². The third-order valence-electron chi connectivity index (χ3n) is 0.358. The summed E-state index contributed by atoms with van der Waals surface area (Å²) in [6.45, 7) is 0. The van der Waals surface area contributed by atoms with Gasteiger partial charge in [0, 0.05) is 5.33 Å². The molecule has 0 N–H and O–H groups in total. The van der Waals surface area contributed by atoms with Gasteiger partial charge in [-0.3, -0.25) is 0 Å². The normalized spacial score (nSPS) is 9.22. The second-order valence-electron chi connectivity index (χ2n) is 1.02. The summed E-state index contributed by atoms with van der Waals surface area (Å²) in [6.07, 6.45) is -0.299. The molecule has 0 bridgehead atoms. The molecule has 0 rings (SSSR count). The van der Waals surface area contributed by atoms with Crippen LogP contribution in [0.5, 0.6) is 0 Å². The fraction of sp³-hybridized carbons (Fsp3) is 1.00. The standard InChI is InChI=1S/C2H6BrO3P.2Na/c3-1-2-7(4,5)6;;/h1-2H2,(H2,4,5,6);;/q;2*+1/p-2. The maximum atomic E-state index is 9.67. The quantitative estimate of drug-likeness (QED) is 0.270. The van der Waals surface area contributed by atoms with Crippen LogP contribution in [-0.4, -0.2) is 11.5 Å². The number of hydrogen-bond donors (Lipinski definition) is 0. The van der Waals surface area contributed by atoms with Crippen LogP contribution in [-0.2, 0) is 4.57 Å². The third kappa shape index (κ3) is 18.0.